The van der Waals surface area contributed by atoms with Gasteiger partial charge >= 0.3 is 6.03 Å². The first kappa shape index (κ1) is 15.3. The van der Waals surface area contributed by atoms with E-state index in [1.54, 1.807) is 11.1 Å². The predicted octanol–water partition coefficient (Wildman–Crippen LogP) is 2.74. The first-order valence-corrected chi connectivity index (χ1v) is 8.21. The van der Waals surface area contributed by atoms with E-state index in [9.17, 15) is 4.79 Å². The quantitative estimate of drug-likeness (QED) is 0.934. The van der Waals surface area contributed by atoms with Gasteiger partial charge in [0.1, 0.15) is 0 Å². The van der Waals surface area contributed by atoms with E-state index in [-0.39, 0.29) is 18.1 Å². The van der Waals surface area contributed by atoms with Gasteiger partial charge in [0.15, 0.2) is 0 Å². The van der Waals surface area contributed by atoms with Crippen LogP contribution < -0.4 is 5.32 Å². The number of carbonyl (C=O) groups is 1. The number of carbonyl (C=O) groups excluding carboxylic acids is 1. The van der Waals surface area contributed by atoms with Gasteiger partial charge in [0.2, 0.25) is 0 Å². The third kappa shape index (κ3) is 3.09. The van der Waals surface area contributed by atoms with Crippen molar-refractivity contribution in [2.45, 2.75) is 50.8 Å². The predicted molar refractivity (Wildman–Crippen MR) is 84.4 cm³/mol. The van der Waals surface area contributed by atoms with Crippen molar-refractivity contribution in [2.75, 3.05) is 13.7 Å². The number of amides is 2. The number of aromatic nitrogens is 1. The maximum atomic E-state index is 12.6. The molecule has 1 saturated carbocycles. The largest absolute Gasteiger partial charge is 0.378 e. The van der Waals surface area contributed by atoms with Crippen LogP contribution in [-0.2, 0) is 4.74 Å². The van der Waals surface area contributed by atoms with Crippen LogP contribution in [0.2, 0.25) is 0 Å². The molecule has 1 aromatic heterocycles. The van der Waals surface area contributed by atoms with Gasteiger partial charge in [-0.3, -0.25) is 4.98 Å². The number of fused-ring (bicyclic) bond motifs is 1. The normalized spacial score (nSPS) is 28.7. The maximum absolute atomic E-state index is 12.6. The van der Waals surface area contributed by atoms with Crippen LogP contribution in [0, 0.1) is 5.92 Å². The minimum atomic E-state index is -0.00565. The molecule has 1 aromatic rings. The Morgan fingerprint density at radius 1 is 1.45 bits per heavy atom. The van der Waals surface area contributed by atoms with Crippen molar-refractivity contribution in [2.24, 2.45) is 5.92 Å². The van der Waals surface area contributed by atoms with Gasteiger partial charge in [-0.2, -0.15) is 0 Å². The standard InChI is InChI=1S/C17H25N3O2/c1-12(13-5-4-9-18-11-13)20(2)17(21)19-15-6-3-7-16-14(15)8-10-22-16/h4-5,9,11-12,14-16H,3,6-8,10H2,1-2H3,(H,19,21). The van der Waals surface area contributed by atoms with Crippen molar-refractivity contribution >= 4 is 6.03 Å². The molecule has 4 atom stereocenters. The highest BCUT2D eigenvalue weighted by atomic mass is 16.5. The van der Waals surface area contributed by atoms with Gasteiger partial charge in [-0.05, 0) is 44.2 Å². The van der Waals surface area contributed by atoms with Crippen molar-refractivity contribution in [3.8, 4) is 0 Å². The molecule has 0 aromatic carbocycles. The molecule has 4 unspecified atom stereocenters. The number of hydrogen-bond donors (Lipinski definition) is 1. The van der Waals surface area contributed by atoms with Crippen molar-refractivity contribution < 1.29 is 9.53 Å². The van der Waals surface area contributed by atoms with E-state index in [1.807, 2.05) is 32.3 Å². The van der Waals surface area contributed by atoms with Crippen LogP contribution in [0.3, 0.4) is 0 Å². The van der Waals surface area contributed by atoms with Gasteiger partial charge in [-0.25, -0.2) is 4.79 Å². The minimum Gasteiger partial charge on any atom is -0.378 e. The smallest absolute Gasteiger partial charge is 0.317 e. The Morgan fingerprint density at radius 2 is 2.32 bits per heavy atom. The second-order valence-corrected chi connectivity index (χ2v) is 6.42. The van der Waals surface area contributed by atoms with Gasteiger partial charge in [0.25, 0.3) is 0 Å². The molecule has 120 valence electrons. The molecule has 0 radical (unpaired) electrons. The third-order valence-corrected chi connectivity index (χ3v) is 5.16. The molecular weight excluding hydrogens is 278 g/mol. The van der Waals surface area contributed by atoms with E-state index in [1.165, 1.54) is 0 Å². The van der Waals surface area contributed by atoms with E-state index in [4.69, 9.17) is 4.74 Å². The van der Waals surface area contributed by atoms with Gasteiger partial charge in [-0.1, -0.05) is 6.07 Å². The van der Waals surface area contributed by atoms with Crippen LogP contribution >= 0.6 is 0 Å². The Bertz CT molecular complexity index is 508. The van der Waals surface area contributed by atoms with Crippen LogP contribution in [0.5, 0.6) is 0 Å². The second kappa shape index (κ2) is 6.65. The zero-order valence-electron chi connectivity index (χ0n) is 13.4. The van der Waals surface area contributed by atoms with Gasteiger partial charge in [-0.15, -0.1) is 0 Å². The fraction of sp³-hybridized carbons (Fsp3) is 0.647. The molecule has 2 amide bonds. The highest BCUT2D eigenvalue weighted by Gasteiger charge is 2.38. The fourth-order valence-electron chi connectivity index (χ4n) is 3.64. The Hall–Kier alpha value is -1.62. The van der Waals surface area contributed by atoms with Gasteiger partial charge in [0, 0.05) is 38.0 Å². The zero-order chi connectivity index (χ0) is 15.5. The molecule has 5 heteroatoms. The molecule has 1 aliphatic carbocycles. The summed E-state index contributed by atoms with van der Waals surface area (Å²) in [5.74, 6) is 0.486. The van der Waals surface area contributed by atoms with E-state index in [2.05, 4.69) is 10.3 Å². The monoisotopic (exact) mass is 303 g/mol. The fourth-order valence-corrected chi connectivity index (χ4v) is 3.64. The number of urea groups is 1. The Labute approximate surface area is 132 Å². The Kier molecular flexibility index (Phi) is 4.62. The van der Waals surface area contributed by atoms with E-state index in [0.29, 0.717) is 12.0 Å². The highest BCUT2D eigenvalue weighted by Crippen LogP contribution is 2.34. The van der Waals surface area contributed by atoms with E-state index in [0.717, 1.165) is 37.9 Å². The number of nitrogens with one attached hydrogen (secondary N) is 1. The SMILES string of the molecule is CC(c1cccnc1)N(C)C(=O)NC1CCCC2OCCC12. The molecule has 22 heavy (non-hydrogen) atoms. The molecule has 0 bridgehead atoms. The van der Waals surface area contributed by atoms with Crippen LogP contribution in [0.4, 0.5) is 4.79 Å². The summed E-state index contributed by atoms with van der Waals surface area (Å²) in [5.41, 5.74) is 1.05. The molecule has 2 heterocycles. The molecule has 1 N–H and O–H groups in total. The lowest BCUT2D eigenvalue weighted by Gasteiger charge is -2.35. The first-order chi connectivity index (χ1) is 10.7. The number of hydrogen-bond acceptors (Lipinski definition) is 3. The Morgan fingerprint density at radius 3 is 3.09 bits per heavy atom. The summed E-state index contributed by atoms with van der Waals surface area (Å²) in [6.07, 6.45) is 8.31. The number of nitrogens with zero attached hydrogens (tertiary/aromatic N) is 2. The van der Waals surface area contributed by atoms with Crippen LogP contribution in [-0.4, -0.2) is 41.7 Å². The summed E-state index contributed by atoms with van der Waals surface area (Å²) in [4.78, 5) is 18.5. The number of ether oxygens (including phenoxy) is 1. The molecule has 1 aliphatic heterocycles. The molecule has 0 spiro atoms. The van der Waals surface area contributed by atoms with Crippen LogP contribution in [0.25, 0.3) is 0 Å². The summed E-state index contributed by atoms with van der Waals surface area (Å²) >= 11 is 0. The second-order valence-electron chi connectivity index (χ2n) is 6.42. The molecule has 2 fully saturated rings. The lowest BCUT2D eigenvalue weighted by atomic mass is 9.82. The minimum absolute atomic E-state index is 0.00565. The summed E-state index contributed by atoms with van der Waals surface area (Å²) < 4.78 is 5.77. The van der Waals surface area contributed by atoms with Gasteiger partial charge in [0.05, 0.1) is 12.1 Å². The van der Waals surface area contributed by atoms with Crippen molar-refractivity contribution in [3.05, 3.63) is 30.1 Å². The number of pyridine rings is 1. The third-order valence-electron chi connectivity index (χ3n) is 5.16. The summed E-state index contributed by atoms with van der Waals surface area (Å²) in [5, 5.41) is 3.23. The van der Waals surface area contributed by atoms with Crippen LogP contribution in [0.1, 0.15) is 44.2 Å². The lowest BCUT2D eigenvalue weighted by Crippen LogP contribution is -2.50. The molecule has 3 rings (SSSR count). The first-order valence-electron chi connectivity index (χ1n) is 8.21. The summed E-state index contributed by atoms with van der Waals surface area (Å²) in [7, 11) is 1.85. The summed E-state index contributed by atoms with van der Waals surface area (Å²) in [6, 6.07) is 4.15. The molecule has 5 nitrogen and oxygen atoms in total. The van der Waals surface area contributed by atoms with Gasteiger partial charge < -0.3 is 15.0 Å². The average Bonchev–Trinajstić information content (AvgIpc) is 3.04. The average molecular weight is 303 g/mol. The molecule has 2 aliphatic rings. The highest BCUT2D eigenvalue weighted by molar-refractivity contribution is 5.74. The van der Waals surface area contributed by atoms with Crippen LogP contribution in [0.15, 0.2) is 24.5 Å². The molecule has 1 saturated heterocycles. The van der Waals surface area contributed by atoms with E-state index >= 15 is 0 Å². The van der Waals surface area contributed by atoms with Crippen molar-refractivity contribution in [1.29, 1.82) is 0 Å². The topological polar surface area (TPSA) is 54.5 Å². The number of rotatable bonds is 3. The zero-order valence-corrected chi connectivity index (χ0v) is 13.4. The Balaban J connectivity index is 1.61. The lowest BCUT2D eigenvalue weighted by molar-refractivity contribution is 0.0537. The van der Waals surface area contributed by atoms with Crippen molar-refractivity contribution in [3.63, 3.8) is 0 Å². The molecular formula is C17H25N3O2. The van der Waals surface area contributed by atoms with Crippen molar-refractivity contribution in [1.82, 2.24) is 15.2 Å². The summed E-state index contributed by atoms with van der Waals surface area (Å²) in [6.45, 7) is 2.86. The maximum Gasteiger partial charge on any atom is 0.317 e. The van der Waals surface area contributed by atoms with E-state index < -0.39 is 0 Å².